The summed E-state index contributed by atoms with van der Waals surface area (Å²) in [5.74, 6) is 0. The van der Waals surface area contributed by atoms with Gasteiger partial charge >= 0.3 is 0 Å². The molecule has 1 saturated heterocycles. The third-order valence-electron chi connectivity index (χ3n) is 2.80. The molecule has 0 aromatic carbocycles. The van der Waals surface area contributed by atoms with E-state index in [1.807, 2.05) is 0 Å². The Morgan fingerprint density at radius 1 is 1.43 bits per heavy atom. The molecule has 1 unspecified atom stereocenters. The molecule has 3 nitrogen and oxygen atoms in total. The molecule has 1 aliphatic rings. The molecular weight excluding hydrogens is 291 g/mol. The highest BCUT2D eigenvalue weighted by atomic mass is 127. The van der Waals surface area contributed by atoms with Crippen LogP contribution in [0.2, 0.25) is 0 Å². The van der Waals surface area contributed by atoms with E-state index in [4.69, 9.17) is 0 Å². The Bertz CT molecular complexity index is 173. The molecule has 14 heavy (non-hydrogen) atoms. The van der Waals surface area contributed by atoms with Gasteiger partial charge in [0.2, 0.25) is 0 Å². The van der Waals surface area contributed by atoms with Crippen LogP contribution in [-0.4, -0.2) is 46.3 Å². The highest BCUT2D eigenvalue weighted by molar-refractivity contribution is 14.1. The molecule has 0 aliphatic carbocycles. The van der Waals surface area contributed by atoms with Gasteiger partial charge in [-0.1, -0.05) is 36.4 Å². The van der Waals surface area contributed by atoms with Crippen molar-refractivity contribution in [1.29, 1.82) is 0 Å². The minimum atomic E-state index is 0.115. The lowest BCUT2D eigenvalue weighted by molar-refractivity contribution is -0.0411. The van der Waals surface area contributed by atoms with Crippen LogP contribution in [0.25, 0.3) is 0 Å². The number of aliphatic hydroxyl groups excluding tert-OH is 1. The Kier molecular flexibility index (Phi) is 4.61. The van der Waals surface area contributed by atoms with E-state index in [9.17, 15) is 5.11 Å². The molecule has 1 heterocycles. The van der Waals surface area contributed by atoms with Crippen molar-refractivity contribution in [3.63, 3.8) is 0 Å². The van der Waals surface area contributed by atoms with Gasteiger partial charge in [-0.2, -0.15) is 0 Å². The van der Waals surface area contributed by atoms with E-state index in [2.05, 4.69) is 53.6 Å². The van der Waals surface area contributed by atoms with Crippen LogP contribution in [0.4, 0.5) is 0 Å². The van der Waals surface area contributed by atoms with Crippen molar-refractivity contribution in [3.8, 4) is 0 Å². The van der Waals surface area contributed by atoms with Gasteiger partial charge in [0, 0.05) is 31.1 Å². The van der Waals surface area contributed by atoms with Crippen molar-refractivity contribution in [2.24, 2.45) is 5.41 Å². The van der Waals surface area contributed by atoms with Crippen molar-refractivity contribution < 1.29 is 5.11 Å². The fourth-order valence-electron chi connectivity index (χ4n) is 1.76. The predicted octanol–water partition coefficient (Wildman–Crippen LogP) is 1.06. The number of nitrogens with one attached hydrogen (secondary N) is 1. The summed E-state index contributed by atoms with van der Waals surface area (Å²) in [7, 11) is 0. The Morgan fingerprint density at radius 2 is 2.00 bits per heavy atom. The molecule has 1 rings (SSSR count). The van der Waals surface area contributed by atoms with Crippen LogP contribution in [0.15, 0.2) is 0 Å². The number of hydrogen-bond acceptors (Lipinski definition) is 3. The molecule has 2 N–H and O–H groups in total. The minimum absolute atomic E-state index is 0.115. The number of halogens is 1. The van der Waals surface area contributed by atoms with Gasteiger partial charge in [0.1, 0.15) is 0 Å². The molecule has 0 radical (unpaired) electrons. The lowest BCUT2D eigenvalue weighted by Gasteiger charge is -2.51. The Balaban J connectivity index is 2.33. The number of alkyl halides is 1. The summed E-state index contributed by atoms with van der Waals surface area (Å²) in [5, 5.41) is 12.8. The second kappa shape index (κ2) is 5.09. The SMILES string of the molecule is CC(C)NCC1(CO)CN(C(C)I)C1. The normalized spacial score (nSPS) is 23.6. The highest BCUT2D eigenvalue weighted by Gasteiger charge is 2.43. The largest absolute Gasteiger partial charge is 0.396 e. The van der Waals surface area contributed by atoms with Crippen molar-refractivity contribution in [2.75, 3.05) is 26.2 Å². The topological polar surface area (TPSA) is 35.5 Å². The fraction of sp³-hybridized carbons (Fsp3) is 1.00. The number of likely N-dealkylation sites (tertiary alicyclic amines) is 1. The van der Waals surface area contributed by atoms with Gasteiger partial charge in [0.05, 0.1) is 10.7 Å². The van der Waals surface area contributed by atoms with E-state index in [-0.39, 0.29) is 5.41 Å². The minimum Gasteiger partial charge on any atom is -0.396 e. The fourth-order valence-corrected chi connectivity index (χ4v) is 2.15. The van der Waals surface area contributed by atoms with Crippen molar-refractivity contribution in [2.45, 2.75) is 30.9 Å². The standard InChI is InChI=1S/C10H21IN2O/c1-8(2)12-4-10(7-14)5-13(6-10)9(3)11/h8-9,12,14H,4-7H2,1-3H3. The molecule has 4 heteroatoms. The molecule has 0 spiro atoms. The highest BCUT2D eigenvalue weighted by Crippen LogP contribution is 2.32. The first-order chi connectivity index (χ1) is 6.49. The summed E-state index contributed by atoms with van der Waals surface area (Å²) in [4.78, 5) is 2.39. The first kappa shape index (κ1) is 12.7. The number of rotatable bonds is 5. The molecule has 1 atom stereocenters. The van der Waals surface area contributed by atoms with Crippen LogP contribution in [0, 0.1) is 5.41 Å². The van der Waals surface area contributed by atoms with Crippen molar-refractivity contribution >= 4 is 22.6 Å². The molecular formula is C10H21IN2O. The quantitative estimate of drug-likeness (QED) is 0.453. The van der Waals surface area contributed by atoms with Gasteiger partial charge in [0.25, 0.3) is 0 Å². The second-order valence-electron chi connectivity index (χ2n) is 4.67. The Morgan fingerprint density at radius 3 is 2.36 bits per heavy atom. The van der Waals surface area contributed by atoms with Gasteiger partial charge in [-0.15, -0.1) is 0 Å². The van der Waals surface area contributed by atoms with E-state index in [0.29, 0.717) is 16.7 Å². The van der Waals surface area contributed by atoms with Gasteiger partial charge in [0.15, 0.2) is 0 Å². The third-order valence-corrected chi connectivity index (χ3v) is 3.59. The second-order valence-corrected chi connectivity index (χ2v) is 6.48. The maximum absolute atomic E-state index is 9.38. The van der Waals surface area contributed by atoms with Crippen LogP contribution in [0.3, 0.4) is 0 Å². The van der Waals surface area contributed by atoms with E-state index >= 15 is 0 Å². The van der Waals surface area contributed by atoms with Crippen molar-refractivity contribution in [3.05, 3.63) is 0 Å². The van der Waals surface area contributed by atoms with E-state index in [1.165, 1.54) is 0 Å². The summed E-state index contributed by atoms with van der Waals surface area (Å²) in [6.45, 7) is 9.75. The summed E-state index contributed by atoms with van der Waals surface area (Å²) < 4.78 is 0.575. The van der Waals surface area contributed by atoms with Crippen LogP contribution < -0.4 is 5.32 Å². The summed E-state index contributed by atoms with van der Waals surface area (Å²) in [5.41, 5.74) is 0.115. The lowest BCUT2D eigenvalue weighted by Crippen LogP contribution is -2.63. The average molecular weight is 312 g/mol. The molecule has 84 valence electrons. The molecule has 0 aromatic rings. The summed E-state index contributed by atoms with van der Waals surface area (Å²) in [6, 6.07) is 0.504. The van der Waals surface area contributed by atoms with Gasteiger partial charge in [-0.3, -0.25) is 4.90 Å². The van der Waals surface area contributed by atoms with Crippen LogP contribution in [-0.2, 0) is 0 Å². The van der Waals surface area contributed by atoms with E-state index < -0.39 is 0 Å². The molecule has 0 amide bonds. The first-order valence-electron chi connectivity index (χ1n) is 5.21. The van der Waals surface area contributed by atoms with Crippen LogP contribution in [0.5, 0.6) is 0 Å². The van der Waals surface area contributed by atoms with Crippen LogP contribution >= 0.6 is 22.6 Å². The maximum atomic E-state index is 9.38. The zero-order chi connectivity index (χ0) is 10.8. The smallest absolute Gasteiger partial charge is 0.0590 e. The zero-order valence-electron chi connectivity index (χ0n) is 9.26. The van der Waals surface area contributed by atoms with Crippen molar-refractivity contribution in [1.82, 2.24) is 10.2 Å². The number of aliphatic hydroxyl groups is 1. The molecule has 0 aromatic heterocycles. The third kappa shape index (κ3) is 3.05. The average Bonchev–Trinajstić information content (AvgIpc) is 2.02. The molecule has 1 fully saturated rings. The zero-order valence-corrected chi connectivity index (χ0v) is 11.4. The summed E-state index contributed by atoms with van der Waals surface area (Å²) in [6.07, 6.45) is 0. The van der Waals surface area contributed by atoms with E-state index in [0.717, 1.165) is 19.6 Å². The van der Waals surface area contributed by atoms with Gasteiger partial charge < -0.3 is 10.4 Å². The maximum Gasteiger partial charge on any atom is 0.0590 e. The molecule has 0 bridgehead atoms. The Hall–Kier alpha value is 0.610. The van der Waals surface area contributed by atoms with Crippen LogP contribution in [0.1, 0.15) is 20.8 Å². The summed E-state index contributed by atoms with van der Waals surface area (Å²) >= 11 is 2.42. The van der Waals surface area contributed by atoms with Gasteiger partial charge in [-0.25, -0.2) is 0 Å². The number of hydrogen-bond donors (Lipinski definition) is 2. The Labute approximate surface area is 100 Å². The van der Waals surface area contributed by atoms with E-state index in [1.54, 1.807) is 0 Å². The van der Waals surface area contributed by atoms with Gasteiger partial charge in [-0.05, 0) is 6.92 Å². The number of nitrogens with zero attached hydrogens (tertiary/aromatic N) is 1. The monoisotopic (exact) mass is 312 g/mol. The lowest BCUT2D eigenvalue weighted by atomic mass is 9.80. The first-order valence-corrected chi connectivity index (χ1v) is 6.46. The molecule has 0 saturated carbocycles. The molecule has 1 aliphatic heterocycles. The predicted molar refractivity (Wildman–Crippen MR) is 67.7 cm³/mol.